The molecule has 4 rings (SSSR count). The monoisotopic (exact) mass is 425 g/mol. The van der Waals surface area contributed by atoms with Crippen LogP contribution in [0.2, 0.25) is 0 Å². The Morgan fingerprint density at radius 3 is 2.37 bits per heavy atom. The maximum atomic E-state index is 13.3. The average Bonchev–Trinajstić information content (AvgIpc) is 3.03. The summed E-state index contributed by atoms with van der Waals surface area (Å²) in [5.74, 6) is 0.865. The fourth-order valence-electron chi connectivity index (χ4n) is 4.03. The van der Waals surface area contributed by atoms with Gasteiger partial charge in [-0.2, -0.15) is 9.40 Å². The highest BCUT2D eigenvalue weighted by Gasteiger charge is 2.33. The summed E-state index contributed by atoms with van der Waals surface area (Å²) < 4.78 is 29.8. The first kappa shape index (κ1) is 20.7. The molecule has 0 aliphatic carbocycles. The lowest BCUT2D eigenvalue weighted by Crippen LogP contribution is -2.39. The van der Waals surface area contributed by atoms with Crippen LogP contribution >= 0.6 is 0 Å². The van der Waals surface area contributed by atoms with Crippen molar-refractivity contribution in [2.75, 3.05) is 13.1 Å². The van der Waals surface area contributed by atoms with E-state index in [-0.39, 0.29) is 4.90 Å². The SMILES string of the molecule is Cc1ccc(-c2ccc(-n3nc(C)c(S(=O)(=O)N4CCCC(C)C4)c3C)nn2)cc1. The normalized spacial score (nSPS) is 17.9. The van der Waals surface area contributed by atoms with Crippen molar-refractivity contribution < 1.29 is 8.42 Å². The van der Waals surface area contributed by atoms with E-state index in [0.29, 0.717) is 36.2 Å². The van der Waals surface area contributed by atoms with Gasteiger partial charge in [0.05, 0.1) is 17.1 Å². The van der Waals surface area contributed by atoms with Gasteiger partial charge in [0.25, 0.3) is 0 Å². The molecule has 0 amide bonds. The van der Waals surface area contributed by atoms with Crippen LogP contribution in [0.25, 0.3) is 17.1 Å². The molecule has 1 unspecified atom stereocenters. The number of hydrogen-bond donors (Lipinski definition) is 0. The third kappa shape index (κ3) is 3.77. The van der Waals surface area contributed by atoms with Gasteiger partial charge in [0.15, 0.2) is 5.82 Å². The molecule has 0 spiro atoms. The zero-order valence-electron chi connectivity index (χ0n) is 17.8. The van der Waals surface area contributed by atoms with Crippen molar-refractivity contribution in [1.29, 1.82) is 0 Å². The highest BCUT2D eigenvalue weighted by Crippen LogP contribution is 2.29. The molecule has 0 bridgehead atoms. The highest BCUT2D eigenvalue weighted by atomic mass is 32.2. The lowest BCUT2D eigenvalue weighted by Gasteiger charge is -2.30. The summed E-state index contributed by atoms with van der Waals surface area (Å²) in [6.07, 6.45) is 1.95. The Balaban J connectivity index is 1.67. The fraction of sp³-hybridized carbons (Fsp3) is 0.409. The number of hydrogen-bond acceptors (Lipinski definition) is 5. The fourth-order valence-corrected chi connectivity index (χ4v) is 5.99. The smallest absolute Gasteiger partial charge is 0.216 e. The van der Waals surface area contributed by atoms with Gasteiger partial charge in [-0.05, 0) is 51.7 Å². The largest absolute Gasteiger partial charge is 0.246 e. The van der Waals surface area contributed by atoms with Gasteiger partial charge in [-0.25, -0.2) is 13.1 Å². The maximum absolute atomic E-state index is 13.3. The number of sulfonamides is 1. The molecule has 1 aliphatic heterocycles. The van der Waals surface area contributed by atoms with E-state index in [2.05, 4.69) is 22.2 Å². The van der Waals surface area contributed by atoms with Crippen LogP contribution in [0.1, 0.15) is 36.7 Å². The minimum absolute atomic E-state index is 0.279. The third-order valence-corrected chi connectivity index (χ3v) is 7.78. The lowest BCUT2D eigenvalue weighted by molar-refractivity contribution is 0.281. The summed E-state index contributed by atoms with van der Waals surface area (Å²) in [5, 5.41) is 13.1. The second-order valence-electron chi connectivity index (χ2n) is 8.16. The van der Waals surface area contributed by atoms with E-state index >= 15 is 0 Å². The van der Waals surface area contributed by atoms with Crippen molar-refractivity contribution in [1.82, 2.24) is 24.3 Å². The van der Waals surface area contributed by atoms with Crippen LogP contribution in [-0.2, 0) is 10.0 Å². The summed E-state index contributed by atoms with van der Waals surface area (Å²) in [7, 11) is -3.60. The van der Waals surface area contributed by atoms with E-state index in [1.807, 2.05) is 43.3 Å². The number of rotatable bonds is 4. The minimum atomic E-state index is -3.60. The molecule has 1 atom stereocenters. The first-order valence-corrected chi connectivity index (χ1v) is 11.7. The van der Waals surface area contributed by atoms with Crippen molar-refractivity contribution in [3.05, 3.63) is 53.3 Å². The average molecular weight is 426 g/mol. The van der Waals surface area contributed by atoms with E-state index in [1.165, 1.54) is 5.56 Å². The van der Waals surface area contributed by atoms with Crippen LogP contribution in [0.4, 0.5) is 0 Å². The standard InChI is InChI=1S/C22H27N5O2S/c1-15-7-9-19(10-8-15)20-11-12-21(24-23-20)27-18(4)22(17(3)25-27)30(28,29)26-13-5-6-16(2)14-26/h7-12,16H,5-6,13-14H2,1-4H3. The third-order valence-electron chi connectivity index (χ3n) is 5.66. The molecule has 1 aliphatic rings. The van der Waals surface area contributed by atoms with Crippen LogP contribution in [0.15, 0.2) is 41.3 Å². The Kier molecular flexibility index (Phi) is 5.46. The van der Waals surface area contributed by atoms with Crippen LogP contribution in [0.3, 0.4) is 0 Å². The van der Waals surface area contributed by atoms with E-state index in [4.69, 9.17) is 0 Å². The maximum Gasteiger partial charge on any atom is 0.246 e. The summed E-state index contributed by atoms with van der Waals surface area (Å²) in [5.41, 5.74) is 3.96. The molecule has 2 aromatic heterocycles. The first-order chi connectivity index (χ1) is 14.3. The minimum Gasteiger partial charge on any atom is -0.216 e. The van der Waals surface area contributed by atoms with Gasteiger partial charge in [0.2, 0.25) is 10.0 Å². The van der Waals surface area contributed by atoms with E-state index < -0.39 is 10.0 Å². The second kappa shape index (κ2) is 7.92. The van der Waals surface area contributed by atoms with E-state index in [1.54, 1.807) is 22.8 Å². The van der Waals surface area contributed by atoms with Crippen molar-refractivity contribution in [3.63, 3.8) is 0 Å². The molecule has 30 heavy (non-hydrogen) atoms. The Morgan fingerprint density at radius 1 is 1.00 bits per heavy atom. The number of benzene rings is 1. The molecular weight excluding hydrogens is 398 g/mol. The molecule has 1 saturated heterocycles. The molecule has 158 valence electrons. The van der Waals surface area contributed by atoms with E-state index in [0.717, 1.165) is 24.1 Å². The topological polar surface area (TPSA) is 81.0 Å². The van der Waals surface area contributed by atoms with Gasteiger partial charge in [-0.3, -0.25) is 0 Å². The zero-order chi connectivity index (χ0) is 21.5. The van der Waals surface area contributed by atoms with Crippen LogP contribution < -0.4 is 0 Å². The quantitative estimate of drug-likeness (QED) is 0.637. The molecule has 0 N–H and O–H groups in total. The van der Waals surface area contributed by atoms with Gasteiger partial charge in [0.1, 0.15) is 4.90 Å². The second-order valence-corrected chi connectivity index (χ2v) is 10.0. The van der Waals surface area contributed by atoms with Crippen LogP contribution in [0.5, 0.6) is 0 Å². The van der Waals surface area contributed by atoms with Crippen molar-refractivity contribution in [2.45, 2.75) is 45.4 Å². The molecule has 3 aromatic rings. The molecule has 8 heteroatoms. The molecule has 1 aromatic carbocycles. The number of nitrogens with zero attached hydrogens (tertiary/aromatic N) is 5. The highest BCUT2D eigenvalue weighted by molar-refractivity contribution is 7.89. The predicted molar refractivity (Wildman–Crippen MR) is 116 cm³/mol. The zero-order valence-corrected chi connectivity index (χ0v) is 18.6. The number of aromatic nitrogens is 4. The first-order valence-electron chi connectivity index (χ1n) is 10.2. The van der Waals surface area contributed by atoms with E-state index in [9.17, 15) is 8.42 Å². The predicted octanol–water partition coefficient (Wildman–Crippen LogP) is 3.68. The Morgan fingerprint density at radius 2 is 1.73 bits per heavy atom. The lowest BCUT2D eigenvalue weighted by atomic mass is 10.0. The van der Waals surface area contributed by atoms with Gasteiger partial charge < -0.3 is 0 Å². The van der Waals surface area contributed by atoms with Crippen molar-refractivity contribution >= 4 is 10.0 Å². The van der Waals surface area contributed by atoms with Crippen LogP contribution in [0, 0.1) is 26.7 Å². The van der Waals surface area contributed by atoms with Gasteiger partial charge in [-0.1, -0.05) is 36.8 Å². The summed E-state index contributed by atoms with van der Waals surface area (Å²) >= 11 is 0. The van der Waals surface area contributed by atoms with Crippen molar-refractivity contribution in [2.24, 2.45) is 5.92 Å². The Labute approximate surface area is 177 Å². The van der Waals surface area contributed by atoms with Gasteiger partial charge >= 0.3 is 0 Å². The molecule has 3 heterocycles. The number of piperidine rings is 1. The Hall–Kier alpha value is -2.58. The number of aryl methyl sites for hydroxylation is 2. The summed E-state index contributed by atoms with van der Waals surface area (Å²) in [4.78, 5) is 0.279. The summed E-state index contributed by atoms with van der Waals surface area (Å²) in [6.45, 7) is 8.75. The molecule has 0 radical (unpaired) electrons. The molecule has 0 saturated carbocycles. The molecule has 1 fully saturated rings. The van der Waals surface area contributed by atoms with Crippen LogP contribution in [-0.4, -0.2) is 45.8 Å². The molecular formula is C22H27N5O2S. The molecule has 7 nitrogen and oxygen atoms in total. The van der Waals surface area contributed by atoms with Gasteiger partial charge in [-0.15, -0.1) is 10.2 Å². The van der Waals surface area contributed by atoms with Gasteiger partial charge in [0, 0.05) is 18.7 Å². The van der Waals surface area contributed by atoms with Crippen molar-refractivity contribution in [3.8, 4) is 17.1 Å². The Bertz CT molecular complexity index is 1150. The summed E-state index contributed by atoms with van der Waals surface area (Å²) in [6, 6.07) is 11.8.